The molecule has 1 saturated heterocycles. The Morgan fingerprint density at radius 3 is 2.55 bits per heavy atom. The van der Waals surface area contributed by atoms with Gasteiger partial charge in [0, 0.05) is 20.1 Å². The maximum atomic E-state index is 12.4. The molecular weight excluding hydrogens is 437 g/mol. The van der Waals surface area contributed by atoms with Gasteiger partial charge in [-0.25, -0.2) is 4.98 Å². The molecule has 2 aliphatic rings. The molecule has 3 heterocycles. The maximum Gasteiger partial charge on any atom is 0.411 e. The van der Waals surface area contributed by atoms with Gasteiger partial charge in [-0.15, -0.1) is 0 Å². The number of ether oxygens (including phenoxy) is 1. The third-order valence-electron chi connectivity index (χ3n) is 5.03. The normalized spacial score (nSPS) is 18.8. The molecule has 0 radical (unpaired) electrons. The fourth-order valence-corrected chi connectivity index (χ4v) is 3.58. The van der Waals surface area contributed by atoms with Crippen LogP contribution in [-0.4, -0.2) is 78.3 Å². The van der Waals surface area contributed by atoms with Gasteiger partial charge in [0.2, 0.25) is 17.8 Å². The Balaban J connectivity index is 0.00000341. The van der Waals surface area contributed by atoms with Gasteiger partial charge >= 0.3 is 6.18 Å². The number of likely N-dealkylation sites (tertiary alicyclic amines) is 1. The Bertz CT molecular complexity index is 832. The predicted molar refractivity (Wildman–Crippen MR) is 114 cm³/mol. The van der Waals surface area contributed by atoms with E-state index in [1.165, 1.54) is 4.90 Å². The first kappa shape index (κ1) is 25.0. The van der Waals surface area contributed by atoms with Crippen molar-refractivity contribution in [2.75, 3.05) is 48.9 Å². The summed E-state index contributed by atoms with van der Waals surface area (Å²) in [5.74, 6) is 0.453. The molecule has 0 aromatic carbocycles. The molecule has 0 bridgehead atoms. The van der Waals surface area contributed by atoms with Crippen LogP contribution in [0.15, 0.2) is 0 Å². The minimum absolute atomic E-state index is 0. The molecule has 1 fully saturated rings. The zero-order valence-electron chi connectivity index (χ0n) is 17.7. The highest BCUT2D eigenvalue weighted by Crippen LogP contribution is 2.34. The Kier molecular flexibility index (Phi) is 7.63. The van der Waals surface area contributed by atoms with E-state index in [1.807, 2.05) is 25.8 Å². The number of anilines is 3. The van der Waals surface area contributed by atoms with Crippen molar-refractivity contribution in [3.05, 3.63) is 5.69 Å². The standard InChI is InChI=1S/C18H25F3N6O3.H2S/c1-9(2)14-16(29)24-13-10(3)22-17(25-15(13)26(14)4)23-11-5-27(6-11)12(28)7-30-8-18(19,20)21;/h9,11,14H,5-8H2,1-4H3,(H,24,29)(H,22,23,25);1H2/t14-;/m0./s1. The average molecular weight is 465 g/mol. The van der Waals surface area contributed by atoms with Gasteiger partial charge in [0.15, 0.2) is 5.82 Å². The number of nitrogens with zero attached hydrogens (tertiary/aromatic N) is 4. The number of carbonyl (C=O) groups excluding carboxylic acids is 2. The van der Waals surface area contributed by atoms with Crippen LogP contribution in [0.3, 0.4) is 0 Å². The van der Waals surface area contributed by atoms with Crippen molar-refractivity contribution in [2.24, 2.45) is 5.92 Å². The molecule has 13 heteroatoms. The largest absolute Gasteiger partial charge is 0.411 e. The fourth-order valence-electron chi connectivity index (χ4n) is 3.58. The summed E-state index contributed by atoms with van der Waals surface area (Å²) >= 11 is 0. The minimum atomic E-state index is -4.46. The van der Waals surface area contributed by atoms with Crippen molar-refractivity contribution in [1.82, 2.24) is 14.9 Å². The van der Waals surface area contributed by atoms with Gasteiger partial charge in [-0.2, -0.15) is 31.7 Å². The number of rotatable bonds is 6. The zero-order chi connectivity index (χ0) is 22.2. The lowest BCUT2D eigenvalue weighted by atomic mass is 9.99. The summed E-state index contributed by atoms with van der Waals surface area (Å²) in [7, 11) is 1.81. The predicted octanol–water partition coefficient (Wildman–Crippen LogP) is 1.51. The summed E-state index contributed by atoms with van der Waals surface area (Å²) in [6, 6.07) is -0.480. The molecule has 3 rings (SSSR count). The van der Waals surface area contributed by atoms with Crippen molar-refractivity contribution in [3.63, 3.8) is 0 Å². The third-order valence-corrected chi connectivity index (χ3v) is 5.03. The molecular formula is C18H27F3N6O3S. The van der Waals surface area contributed by atoms with Gasteiger partial charge in [0.1, 0.15) is 24.9 Å². The van der Waals surface area contributed by atoms with E-state index in [0.29, 0.717) is 36.2 Å². The lowest BCUT2D eigenvalue weighted by Crippen LogP contribution is -2.58. The van der Waals surface area contributed by atoms with Gasteiger partial charge in [0.25, 0.3) is 0 Å². The van der Waals surface area contributed by atoms with Crippen molar-refractivity contribution in [3.8, 4) is 0 Å². The van der Waals surface area contributed by atoms with Crippen LogP contribution in [0.25, 0.3) is 0 Å². The number of halogens is 3. The van der Waals surface area contributed by atoms with Gasteiger partial charge in [-0.3, -0.25) is 9.59 Å². The Hall–Kier alpha value is -2.28. The molecule has 174 valence electrons. The van der Waals surface area contributed by atoms with Crippen LogP contribution in [0.5, 0.6) is 0 Å². The lowest BCUT2D eigenvalue weighted by molar-refractivity contribution is -0.178. The van der Waals surface area contributed by atoms with Crippen molar-refractivity contribution in [1.29, 1.82) is 0 Å². The SMILES string of the molecule is Cc1nc(NC2CN(C(=O)COCC(F)(F)F)C2)nc2c1NC(=O)[C@H](C(C)C)N2C.S. The number of hydrogen-bond donors (Lipinski definition) is 2. The molecule has 1 aromatic rings. The van der Waals surface area contributed by atoms with Crippen LogP contribution in [0.2, 0.25) is 0 Å². The number of likely N-dealkylation sites (N-methyl/N-ethyl adjacent to an activating group) is 1. The summed E-state index contributed by atoms with van der Waals surface area (Å²) in [4.78, 5) is 36.4. The molecule has 1 atom stereocenters. The van der Waals surface area contributed by atoms with Crippen LogP contribution < -0.4 is 15.5 Å². The number of amides is 2. The van der Waals surface area contributed by atoms with E-state index < -0.39 is 25.3 Å². The van der Waals surface area contributed by atoms with E-state index in [2.05, 4.69) is 25.3 Å². The quantitative estimate of drug-likeness (QED) is 0.658. The monoisotopic (exact) mass is 464 g/mol. The van der Waals surface area contributed by atoms with E-state index in [4.69, 9.17) is 0 Å². The van der Waals surface area contributed by atoms with E-state index in [-0.39, 0.29) is 37.4 Å². The zero-order valence-corrected chi connectivity index (χ0v) is 18.7. The van der Waals surface area contributed by atoms with Crippen LogP contribution in [-0.2, 0) is 14.3 Å². The summed E-state index contributed by atoms with van der Waals surface area (Å²) in [6.45, 7) is 4.25. The molecule has 0 saturated carbocycles. The van der Waals surface area contributed by atoms with Gasteiger partial charge in [-0.1, -0.05) is 13.8 Å². The second-order valence-electron chi connectivity index (χ2n) is 7.87. The van der Waals surface area contributed by atoms with Crippen LogP contribution >= 0.6 is 13.5 Å². The summed E-state index contributed by atoms with van der Waals surface area (Å²) in [6.07, 6.45) is -4.46. The first-order valence-corrected chi connectivity index (χ1v) is 9.57. The Labute approximate surface area is 185 Å². The first-order valence-electron chi connectivity index (χ1n) is 9.57. The molecule has 2 N–H and O–H groups in total. The molecule has 9 nitrogen and oxygen atoms in total. The average Bonchev–Trinajstić information content (AvgIpc) is 2.57. The molecule has 2 amide bonds. The number of carbonyl (C=O) groups is 2. The second-order valence-corrected chi connectivity index (χ2v) is 7.87. The smallest absolute Gasteiger partial charge is 0.362 e. The van der Waals surface area contributed by atoms with E-state index in [9.17, 15) is 22.8 Å². The molecule has 31 heavy (non-hydrogen) atoms. The number of hydrogen-bond acceptors (Lipinski definition) is 7. The molecule has 0 spiro atoms. The number of fused-ring (bicyclic) bond motifs is 1. The minimum Gasteiger partial charge on any atom is -0.362 e. The third kappa shape index (κ3) is 5.70. The molecule has 0 unspecified atom stereocenters. The van der Waals surface area contributed by atoms with Gasteiger partial charge in [0.05, 0.1) is 11.7 Å². The van der Waals surface area contributed by atoms with E-state index in [0.717, 1.165) is 0 Å². The molecule has 0 aliphatic carbocycles. The summed E-state index contributed by atoms with van der Waals surface area (Å²) in [5.41, 5.74) is 1.18. The van der Waals surface area contributed by atoms with Crippen molar-refractivity contribution in [2.45, 2.75) is 39.0 Å². The number of alkyl halides is 3. The van der Waals surface area contributed by atoms with Crippen LogP contribution in [0, 0.1) is 12.8 Å². The molecule has 2 aliphatic heterocycles. The lowest BCUT2D eigenvalue weighted by Gasteiger charge is -2.40. The highest BCUT2D eigenvalue weighted by molar-refractivity contribution is 7.59. The number of aromatic nitrogens is 2. The van der Waals surface area contributed by atoms with Gasteiger partial charge < -0.3 is 25.2 Å². The highest BCUT2D eigenvalue weighted by atomic mass is 32.1. The number of aryl methyl sites for hydroxylation is 1. The van der Waals surface area contributed by atoms with Crippen LogP contribution in [0.4, 0.5) is 30.6 Å². The topological polar surface area (TPSA) is 99.7 Å². The summed E-state index contributed by atoms with van der Waals surface area (Å²) in [5, 5.41) is 6.00. The highest BCUT2D eigenvalue weighted by Gasteiger charge is 2.36. The Morgan fingerprint density at radius 1 is 1.32 bits per heavy atom. The van der Waals surface area contributed by atoms with E-state index in [1.54, 1.807) is 6.92 Å². The summed E-state index contributed by atoms with van der Waals surface area (Å²) < 4.78 is 40.6. The maximum absolute atomic E-state index is 12.4. The first-order chi connectivity index (χ1) is 14.0. The van der Waals surface area contributed by atoms with Crippen molar-refractivity contribution < 1.29 is 27.5 Å². The van der Waals surface area contributed by atoms with Crippen molar-refractivity contribution >= 4 is 42.8 Å². The van der Waals surface area contributed by atoms with Crippen LogP contribution in [0.1, 0.15) is 19.5 Å². The fraction of sp³-hybridized carbons (Fsp3) is 0.667. The number of nitrogens with one attached hydrogen (secondary N) is 2. The van der Waals surface area contributed by atoms with Gasteiger partial charge in [-0.05, 0) is 12.8 Å². The Morgan fingerprint density at radius 2 is 1.97 bits per heavy atom. The molecule has 1 aromatic heterocycles. The van der Waals surface area contributed by atoms with E-state index >= 15 is 0 Å². The second kappa shape index (κ2) is 9.47.